The number of carbonyl (C=O) groups is 1. The second kappa shape index (κ2) is 8.78. The quantitative estimate of drug-likeness (QED) is 0.767. The zero-order valence-electron chi connectivity index (χ0n) is 16.5. The Labute approximate surface area is 167 Å². The molecule has 5 nitrogen and oxygen atoms in total. The van der Waals surface area contributed by atoms with E-state index in [1.165, 1.54) is 5.56 Å². The molecule has 0 bridgehead atoms. The average molecular weight is 401 g/mol. The molecule has 2 aromatic rings. The van der Waals surface area contributed by atoms with Gasteiger partial charge in [-0.15, -0.1) is 0 Å². The molecule has 1 aliphatic rings. The van der Waals surface area contributed by atoms with Crippen molar-refractivity contribution in [1.29, 1.82) is 0 Å². The highest BCUT2D eigenvalue weighted by atomic mass is 32.2. The molecule has 3 rings (SSSR count). The molecule has 1 heterocycles. The molecule has 0 aliphatic carbocycles. The predicted molar refractivity (Wildman–Crippen MR) is 115 cm³/mol. The number of anilines is 2. The maximum atomic E-state index is 13.1. The zero-order valence-corrected chi connectivity index (χ0v) is 17.3. The van der Waals surface area contributed by atoms with Crippen LogP contribution in [0.25, 0.3) is 0 Å². The lowest BCUT2D eigenvalue weighted by Gasteiger charge is -2.29. The summed E-state index contributed by atoms with van der Waals surface area (Å²) in [6.07, 6.45) is 1.50. The molecule has 1 amide bonds. The van der Waals surface area contributed by atoms with Crippen molar-refractivity contribution >= 4 is 27.1 Å². The van der Waals surface area contributed by atoms with E-state index >= 15 is 0 Å². The Morgan fingerprint density at radius 1 is 1.14 bits per heavy atom. The Balaban J connectivity index is 1.80. The van der Waals surface area contributed by atoms with Crippen molar-refractivity contribution in [2.75, 3.05) is 28.3 Å². The number of carbonyl (C=O) groups excluding carboxylic acids is 1. The Bertz CT molecular complexity index is 912. The highest BCUT2D eigenvalue weighted by molar-refractivity contribution is 7.91. The van der Waals surface area contributed by atoms with Crippen molar-refractivity contribution in [2.45, 2.75) is 38.6 Å². The molecule has 0 saturated carbocycles. The molecule has 150 valence electrons. The molecule has 1 fully saturated rings. The van der Waals surface area contributed by atoms with Crippen LogP contribution in [-0.4, -0.2) is 38.4 Å². The van der Waals surface area contributed by atoms with E-state index in [-0.39, 0.29) is 30.0 Å². The van der Waals surface area contributed by atoms with Crippen LogP contribution in [0.15, 0.2) is 54.6 Å². The molecule has 28 heavy (non-hydrogen) atoms. The fraction of sp³-hybridized carbons (Fsp3) is 0.409. The van der Waals surface area contributed by atoms with Gasteiger partial charge in [-0.05, 0) is 42.5 Å². The van der Waals surface area contributed by atoms with Crippen LogP contribution in [0.5, 0.6) is 0 Å². The van der Waals surface area contributed by atoms with Crippen LogP contribution in [0.1, 0.15) is 38.2 Å². The van der Waals surface area contributed by atoms with Crippen molar-refractivity contribution in [3.05, 3.63) is 60.2 Å². The van der Waals surface area contributed by atoms with Crippen molar-refractivity contribution in [1.82, 2.24) is 0 Å². The van der Waals surface area contributed by atoms with Crippen LogP contribution in [-0.2, 0) is 14.6 Å². The van der Waals surface area contributed by atoms with Crippen molar-refractivity contribution < 1.29 is 13.2 Å². The Morgan fingerprint density at radius 2 is 1.82 bits per heavy atom. The Hall–Kier alpha value is -2.34. The topological polar surface area (TPSA) is 66.5 Å². The van der Waals surface area contributed by atoms with Crippen molar-refractivity contribution in [2.24, 2.45) is 0 Å². The maximum absolute atomic E-state index is 13.1. The van der Waals surface area contributed by atoms with Crippen LogP contribution in [0.3, 0.4) is 0 Å². The fourth-order valence-corrected chi connectivity index (χ4v) is 5.39. The minimum absolute atomic E-state index is 0.0249. The lowest BCUT2D eigenvalue weighted by molar-refractivity contribution is -0.117. The number of sulfone groups is 1. The van der Waals surface area contributed by atoms with E-state index < -0.39 is 9.84 Å². The van der Waals surface area contributed by atoms with Crippen LogP contribution in [0.4, 0.5) is 11.4 Å². The van der Waals surface area contributed by atoms with Gasteiger partial charge < -0.3 is 10.2 Å². The van der Waals surface area contributed by atoms with Gasteiger partial charge in [0.15, 0.2) is 9.84 Å². The van der Waals surface area contributed by atoms with Gasteiger partial charge in [0.05, 0.1) is 24.1 Å². The van der Waals surface area contributed by atoms with E-state index in [0.29, 0.717) is 12.3 Å². The van der Waals surface area contributed by atoms with Gasteiger partial charge >= 0.3 is 0 Å². The minimum Gasteiger partial charge on any atom is -0.376 e. The molecule has 1 N–H and O–H groups in total. The van der Waals surface area contributed by atoms with Crippen molar-refractivity contribution in [3.63, 3.8) is 0 Å². The summed E-state index contributed by atoms with van der Waals surface area (Å²) in [6, 6.07) is 17.1. The number of hydrogen-bond donors (Lipinski definition) is 1. The highest BCUT2D eigenvalue weighted by Crippen LogP contribution is 2.27. The standard InChI is InChI=1S/C22H28N2O3S/c1-3-17(2)20-11-7-8-12-21(20)23-15-22(25)24(18-9-5-4-6-10-18)19-13-14-28(26,27)16-19/h4-12,17,19,23H,3,13-16H2,1-2H3/t17-,19+/m1/s1. The summed E-state index contributed by atoms with van der Waals surface area (Å²) in [4.78, 5) is 14.8. The maximum Gasteiger partial charge on any atom is 0.246 e. The molecule has 2 aromatic carbocycles. The second-order valence-corrected chi connectivity index (χ2v) is 9.63. The first-order valence-corrected chi connectivity index (χ1v) is 11.6. The number of nitrogens with one attached hydrogen (secondary N) is 1. The summed E-state index contributed by atoms with van der Waals surface area (Å²) in [6.45, 7) is 4.44. The summed E-state index contributed by atoms with van der Waals surface area (Å²) >= 11 is 0. The molecular weight excluding hydrogens is 372 g/mol. The Morgan fingerprint density at radius 3 is 2.46 bits per heavy atom. The van der Waals surface area contributed by atoms with Gasteiger partial charge in [0, 0.05) is 11.4 Å². The largest absolute Gasteiger partial charge is 0.376 e. The zero-order chi connectivity index (χ0) is 20.1. The smallest absolute Gasteiger partial charge is 0.246 e. The normalized spacial score (nSPS) is 19.1. The SMILES string of the molecule is CC[C@@H](C)c1ccccc1NCC(=O)N(c1ccccc1)[C@H]1CCS(=O)(=O)C1. The third kappa shape index (κ3) is 4.73. The fourth-order valence-electron chi connectivity index (χ4n) is 3.69. The van der Waals surface area contributed by atoms with Gasteiger partial charge in [0.1, 0.15) is 0 Å². The van der Waals surface area contributed by atoms with Crippen molar-refractivity contribution in [3.8, 4) is 0 Å². The first kappa shape index (κ1) is 20.4. The molecule has 0 unspecified atom stereocenters. The predicted octanol–water partition coefficient (Wildman–Crippen LogP) is 3.83. The van der Waals surface area contributed by atoms with E-state index in [0.717, 1.165) is 17.8 Å². The monoisotopic (exact) mass is 400 g/mol. The van der Waals surface area contributed by atoms with Gasteiger partial charge in [-0.3, -0.25) is 4.79 Å². The van der Waals surface area contributed by atoms with E-state index in [4.69, 9.17) is 0 Å². The molecular formula is C22H28N2O3S. The van der Waals surface area contributed by atoms with E-state index in [1.54, 1.807) is 4.90 Å². The Kier molecular flexibility index (Phi) is 6.39. The van der Waals surface area contributed by atoms with E-state index in [1.807, 2.05) is 48.5 Å². The molecule has 1 aliphatic heterocycles. The lowest BCUT2D eigenvalue weighted by Crippen LogP contribution is -2.44. The number of para-hydroxylation sites is 2. The van der Waals surface area contributed by atoms with E-state index in [9.17, 15) is 13.2 Å². The third-order valence-corrected chi connectivity index (χ3v) is 7.16. The molecule has 0 radical (unpaired) electrons. The number of benzene rings is 2. The van der Waals surface area contributed by atoms with Gasteiger partial charge in [0.2, 0.25) is 5.91 Å². The second-order valence-electron chi connectivity index (χ2n) is 7.41. The van der Waals surface area contributed by atoms with Crippen LogP contribution >= 0.6 is 0 Å². The highest BCUT2D eigenvalue weighted by Gasteiger charge is 2.35. The molecule has 2 atom stereocenters. The van der Waals surface area contributed by atoms with Gasteiger partial charge in [0.25, 0.3) is 0 Å². The first-order chi connectivity index (χ1) is 13.4. The summed E-state index contributed by atoms with van der Waals surface area (Å²) < 4.78 is 24.0. The third-order valence-electron chi connectivity index (χ3n) is 5.41. The molecule has 0 aromatic heterocycles. The first-order valence-electron chi connectivity index (χ1n) is 9.81. The van der Waals surface area contributed by atoms with Gasteiger partial charge in [-0.1, -0.05) is 50.2 Å². The number of hydrogen-bond acceptors (Lipinski definition) is 4. The summed E-state index contributed by atoms with van der Waals surface area (Å²) in [5.74, 6) is 0.437. The minimum atomic E-state index is -3.08. The number of amides is 1. The van der Waals surface area contributed by atoms with Crippen LogP contribution < -0.4 is 10.2 Å². The van der Waals surface area contributed by atoms with Gasteiger partial charge in [-0.25, -0.2) is 8.42 Å². The van der Waals surface area contributed by atoms with Crippen LogP contribution in [0, 0.1) is 0 Å². The summed E-state index contributed by atoms with van der Waals surface area (Å²) in [5, 5.41) is 3.28. The number of rotatable bonds is 7. The van der Waals surface area contributed by atoms with Crippen LogP contribution in [0.2, 0.25) is 0 Å². The molecule has 6 heteroatoms. The summed E-state index contributed by atoms with van der Waals surface area (Å²) in [7, 11) is -3.08. The number of nitrogens with zero attached hydrogens (tertiary/aromatic N) is 1. The lowest BCUT2D eigenvalue weighted by atomic mass is 9.97. The van der Waals surface area contributed by atoms with Gasteiger partial charge in [-0.2, -0.15) is 0 Å². The molecule has 0 spiro atoms. The molecule has 1 saturated heterocycles. The summed E-state index contributed by atoms with van der Waals surface area (Å²) in [5.41, 5.74) is 2.89. The average Bonchev–Trinajstić information content (AvgIpc) is 3.06. The van der Waals surface area contributed by atoms with E-state index in [2.05, 4.69) is 25.2 Å².